The van der Waals surface area contributed by atoms with Crippen molar-refractivity contribution in [3.8, 4) is 0 Å². The van der Waals surface area contributed by atoms with Crippen LogP contribution in [0.25, 0.3) is 0 Å². The lowest BCUT2D eigenvalue weighted by atomic mass is 10.6. The molecule has 0 spiro atoms. The van der Waals surface area contributed by atoms with Crippen LogP contribution in [0.2, 0.25) is 0 Å². The number of aromatic nitrogens is 1. The number of aryl methyl sites for hydroxylation is 1. The predicted molar refractivity (Wildman–Crippen MR) is 62.3 cm³/mol. The molecule has 1 aromatic heterocycles. The first-order valence-electron chi connectivity index (χ1n) is 4.85. The Morgan fingerprint density at radius 1 is 1.59 bits per heavy atom. The van der Waals surface area contributed by atoms with Gasteiger partial charge in [-0.25, -0.2) is 14.6 Å². The molecule has 94 valence electrons. The van der Waals surface area contributed by atoms with Gasteiger partial charge in [-0.05, 0) is 6.92 Å². The summed E-state index contributed by atoms with van der Waals surface area (Å²) in [6.07, 6.45) is 1.66. The van der Waals surface area contributed by atoms with Gasteiger partial charge >= 0.3 is 12.0 Å². The van der Waals surface area contributed by atoms with E-state index in [1.54, 1.807) is 6.20 Å². The summed E-state index contributed by atoms with van der Waals surface area (Å²) >= 11 is 1.37. The normalized spacial score (nSPS) is 9.94. The molecule has 0 saturated carbocycles. The number of carboxylic acids is 1. The maximum absolute atomic E-state index is 11.3. The molecule has 0 aromatic carbocycles. The lowest BCUT2D eigenvalue weighted by Crippen LogP contribution is -2.31. The number of hydrogen-bond donors (Lipinski definition) is 3. The molecule has 0 aliphatic rings. The Morgan fingerprint density at radius 3 is 2.94 bits per heavy atom. The molecule has 1 heterocycles. The van der Waals surface area contributed by atoms with E-state index in [2.05, 4.69) is 15.6 Å². The van der Waals surface area contributed by atoms with Crippen LogP contribution in [0.1, 0.15) is 4.88 Å². The SMILES string of the molecule is Cc1cnc(NC(=O)NCCOCC(=O)O)s1. The van der Waals surface area contributed by atoms with E-state index in [1.165, 1.54) is 11.3 Å². The summed E-state index contributed by atoms with van der Waals surface area (Å²) in [5.41, 5.74) is 0. The summed E-state index contributed by atoms with van der Waals surface area (Å²) < 4.78 is 4.74. The monoisotopic (exact) mass is 259 g/mol. The van der Waals surface area contributed by atoms with Crippen LogP contribution in [0.15, 0.2) is 6.20 Å². The highest BCUT2D eigenvalue weighted by molar-refractivity contribution is 7.15. The summed E-state index contributed by atoms with van der Waals surface area (Å²) in [4.78, 5) is 26.4. The van der Waals surface area contributed by atoms with E-state index in [4.69, 9.17) is 9.84 Å². The first-order valence-corrected chi connectivity index (χ1v) is 5.66. The standard InChI is InChI=1S/C9H13N3O4S/c1-6-4-11-9(17-6)12-8(15)10-2-3-16-5-7(13)14/h4H,2-3,5H2,1H3,(H,13,14)(H2,10,11,12,15). The van der Waals surface area contributed by atoms with E-state index in [9.17, 15) is 9.59 Å². The van der Waals surface area contributed by atoms with Gasteiger partial charge in [0.05, 0.1) is 6.61 Å². The number of rotatable bonds is 6. The third-order valence-electron chi connectivity index (χ3n) is 1.60. The number of urea groups is 1. The zero-order valence-electron chi connectivity index (χ0n) is 9.23. The van der Waals surface area contributed by atoms with Gasteiger partial charge in [-0.3, -0.25) is 5.32 Å². The lowest BCUT2D eigenvalue weighted by Gasteiger charge is -2.04. The van der Waals surface area contributed by atoms with Crippen molar-refractivity contribution < 1.29 is 19.4 Å². The fourth-order valence-corrected chi connectivity index (χ4v) is 1.61. The second-order valence-electron chi connectivity index (χ2n) is 3.10. The Hall–Kier alpha value is -1.67. The number of amides is 2. The molecule has 1 aromatic rings. The Balaban J connectivity index is 2.11. The summed E-state index contributed by atoms with van der Waals surface area (Å²) in [5, 5.41) is 13.9. The van der Waals surface area contributed by atoms with Gasteiger partial charge in [0.2, 0.25) is 0 Å². The number of carbonyl (C=O) groups excluding carboxylic acids is 1. The Labute approximate surface area is 102 Å². The van der Waals surface area contributed by atoms with E-state index < -0.39 is 12.0 Å². The van der Waals surface area contributed by atoms with Crippen molar-refractivity contribution in [2.24, 2.45) is 0 Å². The van der Waals surface area contributed by atoms with Crippen molar-refractivity contribution in [3.05, 3.63) is 11.1 Å². The van der Waals surface area contributed by atoms with E-state index in [-0.39, 0.29) is 19.8 Å². The largest absolute Gasteiger partial charge is 0.480 e. The van der Waals surface area contributed by atoms with Crippen molar-refractivity contribution in [2.45, 2.75) is 6.92 Å². The number of hydrogen-bond acceptors (Lipinski definition) is 5. The fourth-order valence-electron chi connectivity index (χ4n) is 0.950. The average molecular weight is 259 g/mol. The van der Waals surface area contributed by atoms with Gasteiger partial charge in [0, 0.05) is 17.6 Å². The third-order valence-corrected chi connectivity index (χ3v) is 2.43. The number of carboxylic acid groups (broad SMARTS) is 1. The van der Waals surface area contributed by atoms with Gasteiger partial charge in [0.1, 0.15) is 6.61 Å². The lowest BCUT2D eigenvalue weighted by molar-refractivity contribution is -0.142. The Bertz CT molecular complexity index is 393. The number of carbonyl (C=O) groups is 2. The number of thiazole rings is 1. The molecule has 2 amide bonds. The van der Waals surface area contributed by atoms with Crippen molar-refractivity contribution >= 4 is 28.5 Å². The molecule has 0 fully saturated rings. The fraction of sp³-hybridized carbons (Fsp3) is 0.444. The molecule has 8 heteroatoms. The minimum atomic E-state index is -1.03. The molecule has 0 radical (unpaired) electrons. The first-order chi connectivity index (χ1) is 8.08. The van der Waals surface area contributed by atoms with Gasteiger partial charge in [0.15, 0.2) is 5.13 Å². The molecule has 0 aliphatic heterocycles. The van der Waals surface area contributed by atoms with Gasteiger partial charge < -0.3 is 15.2 Å². The summed E-state index contributed by atoms with van der Waals surface area (Å²) in [7, 11) is 0. The quantitative estimate of drug-likeness (QED) is 0.652. The minimum Gasteiger partial charge on any atom is -0.480 e. The minimum absolute atomic E-state index is 0.149. The molecular formula is C9H13N3O4S. The number of nitrogens with zero attached hydrogens (tertiary/aromatic N) is 1. The summed E-state index contributed by atoms with van der Waals surface area (Å²) in [6, 6.07) is -0.390. The van der Waals surface area contributed by atoms with Gasteiger partial charge in [-0.15, -0.1) is 11.3 Å². The first kappa shape index (κ1) is 13.4. The van der Waals surface area contributed by atoms with Crippen LogP contribution in [0.3, 0.4) is 0 Å². The molecule has 0 saturated heterocycles. The Kier molecular flexibility index (Phi) is 5.37. The molecule has 7 nitrogen and oxygen atoms in total. The van der Waals surface area contributed by atoms with Crippen molar-refractivity contribution in [1.29, 1.82) is 0 Å². The van der Waals surface area contributed by atoms with Crippen molar-refractivity contribution in [3.63, 3.8) is 0 Å². The predicted octanol–water partition coefficient (Wildman–Crippen LogP) is 0.674. The number of aliphatic carboxylic acids is 1. The smallest absolute Gasteiger partial charge is 0.329 e. The second-order valence-corrected chi connectivity index (χ2v) is 4.34. The maximum atomic E-state index is 11.3. The molecule has 0 unspecified atom stereocenters. The third kappa shape index (κ3) is 5.83. The van der Waals surface area contributed by atoms with E-state index >= 15 is 0 Å². The average Bonchev–Trinajstić information content (AvgIpc) is 2.63. The van der Waals surface area contributed by atoms with Gasteiger partial charge in [0.25, 0.3) is 0 Å². The number of nitrogens with one attached hydrogen (secondary N) is 2. The van der Waals surface area contributed by atoms with Crippen LogP contribution < -0.4 is 10.6 Å². The van der Waals surface area contributed by atoms with E-state index in [0.717, 1.165) is 4.88 Å². The van der Waals surface area contributed by atoms with Gasteiger partial charge in [-0.2, -0.15) is 0 Å². The highest BCUT2D eigenvalue weighted by atomic mass is 32.1. The highest BCUT2D eigenvalue weighted by Crippen LogP contribution is 2.15. The molecule has 0 atom stereocenters. The Morgan fingerprint density at radius 2 is 2.35 bits per heavy atom. The zero-order valence-corrected chi connectivity index (χ0v) is 10.0. The summed E-state index contributed by atoms with van der Waals surface area (Å²) in [5.74, 6) is -1.03. The van der Waals surface area contributed by atoms with E-state index in [1.807, 2.05) is 6.92 Å². The van der Waals surface area contributed by atoms with Crippen LogP contribution in [-0.4, -0.2) is 41.8 Å². The maximum Gasteiger partial charge on any atom is 0.329 e. The van der Waals surface area contributed by atoms with Crippen molar-refractivity contribution in [2.75, 3.05) is 25.1 Å². The molecule has 0 aliphatic carbocycles. The second kappa shape index (κ2) is 6.81. The number of anilines is 1. The van der Waals surface area contributed by atoms with Crippen LogP contribution in [0.4, 0.5) is 9.93 Å². The van der Waals surface area contributed by atoms with Crippen LogP contribution in [0.5, 0.6) is 0 Å². The van der Waals surface area contributed by atoms with Gasteiger partial charge in [-0.1, -0.05) is 0 Å². The molecule has 0 bridgehead atoms. The zero-order chi connectivity index (χ0) is 12.7. The topological polar surface area (TPSA) is 101 Å². The van der Waals surface area contributed by atoms with Crippen LogP contribution >= 0.6 is 11.3 Å². The molecular weight excluding hydrogens is 246 g/mol. The molecule has 17 heavy (non-hydrogen) atoms. The van der Waals surface area contributed by atoms with Crippen LogP contribution in [0, 0.1) is 6.92 Å². The molecule has 3 N–H and O–H groups in total. The van der Waals surface area contributed by atoms with Crippen molar-refractivity contribution in [1.82, 2.24) is 10.3 Å². The highest BCUT2D eigenvalue weighted by Gasteiger charge is 2.04. The number of ether oxygens (including phenoxy) is 1. The van der Waals surface area contributed by atoms with E-state index in [0.29, 0.717) is 5.13 Å². The van der Waals surface area contributed by atoms with Crippen LogP contribution in [-0.2, 0) is 9.53 Å². The summed E-state index contributed by atoms with van der Waals surface area (Å²) in [6.45, 7) is 1.91. The molecule has 1 rings (SSSR count).